The monoisotopic (exact) mass is 377 g/mol. The molecule has 2 amide bonds. The van der Waals surface area contributed by atoms with Gasteiger partial charge in [-0.1, -0.05) is 18.2 Å². The van der Waals surface area contributed by atoms with Gasteiger partial charge in [0.15, 0.2) is 5.69 Å². The molecule has 0 radical (unpaired) electrons. The van der Waals surface area contributed by atoms with Gasteiger partial charge in [-0.15, -0.1) is 0 Å². The Kier molecular flexibility index (Phi) is 5.56. The molecule has 0 unspecified atom stereocenters. The zero-order valence-corrected chi connectivity index (χ0v) is 16.1. The van der Waals surface area contributed by atoms with Crippen LogP contribution in [0, 0.1) is 6.92 Å². The van der Waals surface area contributed by atoms with E-state index < -0.39 is 5.91 Å². The first kappa shape index (κ1) is 19.3. The fraction of sp³-hybridized carbons (Fsp3) is 0.190. The second-order valence-electron chi connectivity index (χ2n) is 6.78. The number of nitrogens with zero attached hydrogens (tertiary/aromatic N) is 2. The van der Waals surface area contributed by atoms with Gasteiger partial charge in [0.2, 0.25) is 5.91 Å². The van der Waals surface area contributed by atoms with E-state index in [1.54, 1.807) is 12.4 Å². The summed E-state index contributed by atoms with van der Waals surface area (Å²) in [5.74, 6) is -0.766. The van der Waals surface area contributed by atoms with E-state index in [1.807, 2.05) is 56.3 Å². The van der Waals surface area contributed by atoms with Crippen molar-refractivity contribution in [3.05, 3.63) is 60.1 Å². The SMILES string of the molecule is Cc1c(NC(=O)/C=C/CN(C)C)cccc1-c1cnc(C(N)=O)c2[nH]ccc12. The van der Waals surface area contributed by atoms with Gasteiger partial charge in [0.05, 0.1) is 5.52 Å². The van der Waals surface area contributed by atoms with Crippen molar-refractivity contribution in [2.24, 2.45) is 5.73 Å². The highest BCUT2D eigenvalue weighted by molar-refractivity contribution is 6.08. The summed E-state index contributed by atoms with van der Waals surface area (Å²) in [7, 11) is 3.88. The molecule has 0 saturated carbocycles. The maximum Gasteiger partial charge on any atom is 0.269 e. The number of carbonyl (C=O) groups excluding carboxylic acids is 2. The van der Waals surface area contributed by atoms with E-state index in [4.69, 9.17) is 5.73 Å². The Bertz CT molecular complexity index is 1070. The van der Waals surface area contributed by atoms with E-state index in [2.05, 4.69) is 15.3 Å². The van der Waals surface area contributed by atoms with Crippen LogP contribution in [0.25, 0.3) is 22.0 Å². The number of primary amides is 1. The number of hydrogen-bond donors (Lipinski definition) is 3. The summed E-state index contributed by atoms with van der Waals surface area (Å²) in [6.07, 6.45) is 6.73. The molecule has 0 spiro atoms. The predicted molar refractivity (Wildman–Crippen MR) is 111 cm³/mol. The number of nitrogens with two attached hydrogens (primary N) is 1. The maximum atomic E-state index is 12.2. The van der Waals surface area contributed by atoms with Crippen molar-refractivity contribution < 1.29 is 9.59 Å². The van der Waals surface area contributed by atoms with Gasteiger partial charge >= 0.3 is 0 Å². The molecule has 0 aliphatic heterocycles. The van der Waals surface area contributed by atoms with Crippen LogP contribution in [0.15, 0.2) is 48.8 Å². The van der Waals surface area contributed by atoms with E-state index >= 15 is 0 Å². The number of likely N-dealkylation sites (N-methyl/N-ethyl adjacent to an activating group) is 1. The van der Waals surface area contributed by atoms with Gasteiger partial charge in [0.1, 0.15) is 0 Å². The zero-order chi connectivity index (χ0) is 20.3. The van der Waals surface area contributed by atoms with Crippen molar-refractivity contribution in [2.45, 2.75) is 6.92 Å². The summed E-state index contributed by atoms with van der Waals surface area (Å²) in [4.78, 5) is 33.1. The molecule has 144 valence electrons. The summed E-state index contributed by atoms with van der Waals surface area (Å²) >= 11 is 0. The molecule has 3 rings (SSSR count). The topological polar surface area (TPSA) is 104 Å². The number of hydrogen-bond acceptors (Lipinski definition) is 4. The van der Waals surface area contributed by atoms with E-state index in [1.165, 1.54) is 6.08 Å². The van der Waals surface area contributed by atoms with Crippen molar-refractivity contribution in [2.75, 3.05) is 26.0 Å². The number of fused-ring (bicyclic) bond motifs is 1. The van der Waals surface area contributed by atoms with Gasteiger partial charge in [-0.3, -0.25) is 9.59 Å². The van der Waals surface area contributed by atoms with Crippen molar-refractivity contribution in [1.82, 2.24) is 14.9 Å². The number of H-pyrrole nitrogens is 1. The Labute approximate surface area is 163 Å². The Morgan fingerprint density at radius 2 is 2.04 bits per heavy atom. The standard InChI is InChI=1S/C21H23N5O2/c1-13-14(6-4-7-17(13)25-18(27)8-5-11-26(2)3)16-12-24-20(21(22)28)19-15(16)9-10-23-19/h4-10,12,23H,11H2,1-3H3,(H2,22,28)(H,25,27)/b8-5+. The number of amides is 2. The third-order valence-corrected chi connectivity index (χ3v) is 4.45. The second-order valence-corrected chi connectivity index (χ2v) is 6.78. The highest BCUT2D eigenvalue weighted by Crippen LogP contribution is 2.33. The molecular formula is C21H23N5O2. The normalized spacial score (nSPS) is 11.4. The van der Waals surface area contributed by atoms with Crippen LogP contribution in [-0.2, 0) is 4.79 Å². The van der Waals surface area contributed by atoms with E-state index in [9.17, 15) is 9.59 Å². The molecular weight excluding hydrogens is 354 g/mol. The van der Waals surface area contributed by atoms with Crippen LogP contribution in [0.4, 0.5) is 5.69 Å². The maximum absolute atomic E-state index is 12.2. The summed E-state index contributed by atoms with van der Waals surface area (Å²) < 4.78 is 0. The van der Waals surface area contributed by atoms with Crippen LogP contribution >= 0.6 is 0 Å². The molecule has 0 aliphatic rings. The van der Waals surface area contributed by atoms with Crippen LogP contribution < -0.4 is 11.1 Å². The average Bonchev–Trinajstić information content (AvgIpc) is 3.12. The van der Waals surface area contributed by atoms with Crippen molar-refractivity contribution in [3.8, 4) is 11.1 Å². The van der Waals surface area contributed by atoms with E-state index in [0.29, 0.717) is 12.1 Å². The smallest absolute Gasteiger partial charge is 0.269 e. The number of anilines is 1. The molecule has 2 heterocycles. The Morgan fingerprint density at radius 1 is 1.25 bits per heavy atom. The number of carbonyl (C=O) groups is 2. The Morgan fingerprint density at radius 3 is 2.75 bits per heavy atom. The lowest BCUT2D eigenvalue weighted by Crippen LogP contribution is -2.14. The highest BCUT2D eigenvalue weighted by atomic mass is 16.1. The number of aromatic amines is 1. The molecule has 28 heavy (non-hydrogen) atoms. The van der Waals surface area contributed by atoms with Crippen molar-refractivity contribution >= 4 is 28.4 Å². The second kappa shape index (κ2) is 8.06. The summed E-state index contributed by atoms with van der Waals surface area (Å²) in [6.45, 7) is 2.63. The van der Waals surface area contributed by atoms with Crippen LogP contribution in [0.5, 0.6) is 0 Å². The van der Waals surface area contributed by atoms with Gasteiger partial charge in [0, 0.05) is 41.7 Å². The molecule has 3 aromatic rings. The zero-order valence-electron chi connectivity index (χ0n) is 16.1. The number of benzene rings is 1. The molecule has 7 nitrogen and oxygen atoms in total. The number of rotatable bonds is 6. The van der Waals surface area contributed by atoms with Gasteiger partial charge < -0.3 is 20.9 Å². The molecule has 0 saturated heterocycles. The number of aromatic nitrogens is 2. The molecule has 7 heteroatoms. The molecule has 0 fully saturated rings. The summed E-state index contributed by atoms with van der Waals surface area (Å²) in [5.41, 5.74) is 9.64. The van der Waals surface area contributed by atoms with Crippen LogP contribution in [-0.4, -0.2) is 47.3 Å². The minimum atomic E-state index is -0.582. The minimum absolute atomic E-state index is 0.184. The largest absolute Gasteiger partial charge is 0.364 e. The summed E-state index contributed by atoms with van der Waals surface area (Å²) in [6, 6.07) is 7.58. The van der Waals surface area contributed by atoms with Gasteiger partial charge in [-0.2, -0.15) is 0 Å². The van der Waals surface area contributed by atoms with Crippen LogP contribution in [0.3, 0.4) is 0 Å². The van der Waals surface area contributed by atoms with Crippen molar-refractivity contribution in [3.63, 3.8) is 0 Å². The Balaban J connectivity index is 1.96. The molecule has 0 atom stereocenters. The van der Waals surface area contributed by atoms with Gasteiger partial charge in [0.25, 0.3) is 5.91 Å². The third kappa shape index (κ3) is 3.94. The molecule has 0 bridgehead atoms. The fourth-order valence-corrected chi connectivity index (χ4v) is 3.06. The first-order valence-electron chi connectivity index (χ1n) is 8.86. The molecule has 0 aliphatic carbocycles. The average molecular weight is 377 g/mol. The third-order valence-electron chi connectivity index (χ3n) is 4.45. The highest BCUT2D eigenvalue weighted by Gasteiger charge is 2.16. The van der Waals surface area contributed by atoms with Crippen LogP contribution in [0.1, 0.15) is 16.1 Å². The number of nitrogens with one attached hydrogen (secondary N) is 2. The van der Waals surface area contributed by atoms with Gasteiger partial charge in [-0.25, -0.2) is 4.98 Å². The quantitative estimate of drug-likeness (QED) is 0.575. The van der Waals surface area contributed by atoms with Crippen LogP contribution in [0.2, 0.25) is 0 Å². The van der Waals surface area contributed by atoms with E-state index in [0.717, 1.165) is 27.8 Å². The summed E-state index contributed by atoms with van der Waals surface area (Å²) in [5, 5.41) is 3.77. The molecule has 2 aromatic heterocycles. The van der Waals surface area contributed by atoms with E-state index in [-0.39, 0.29) is 11.6 Å². The lowest BCUT2D eigenvalue weighted by atomic mass is 9.97. The Hall–Kier alpha value is -3.45. The predicted octanol–water partition coefficient (Wildman–Crippen LogP) is 2.69. The first-order chi connectivity index (χ1) is 13.4. The first-order valence-corrected chi connectivity index (χ1v) is 8.86. The molecule has 1 aromatic carbocycles. The fourth-order valence-electron chi connectivity index (χ4n) is 3.06. The molecule has 4 N–H and O–H groups in total. The minimum Gasteiger partial charge on any atom is -0.364 e. The number of pyridine rings is 1. The van der Waals surface area contributed by atoms with Gasteiger partial charge in [-0.05, 0) is 44.3 Å². The lowest BCUT2D eigenvalue weighted by Gasteiger charge is -2.13. The van der Waals surface area contributed by atoms with Crippen molar-refractivity contribution in [1.29, 1.82) is 0 Å². The lowest BCUT2D eigenvalue weighted by molar-refractivity contribution is -0.111.